The van der Waals surface area contributed by atoms with E-state index in [1.54, 1.807) is 0 Å². The first kappa shape index (κ1) is 13.0. The third-order valence-electron chi connectivity index (χ3n) is 3.12. The van der Waals surface area contributed by atoms with Crippen molar-refractivity contribution in [3.63, 3.8) is 0 Å². The number of hydrogen-bond donors (Lipinski definition) is 2. The van der Waals surface area contributed by atoms with Gasteiger partial charge >= 0.3 is 0 Å². The van der Waals surface area contributed by atoms with Crippen LogP contribution in [0.5, 0.6) is 0 Å². The summed E-state index contributed by atoms with van der Waals surface area (Å²) in [5, 5.41) is 13.5. The van der Waals surface area contributed by atoms with Gasteiger partial charge in [-0.2, -0.15) is 0 Å². The summed E-state index contributed by atoms with van der Waals surface area (Å²) in [6.07, 6.45) is 0.772. The molecule has 1 aromatic carbocycles. The Labute approximate surface area is 111 Å². The summed E-state index contributed by atoms with van der Waals surface area (Å²) in [5.41, 5.74) is 0.991. The Bertz CT molecular complexity index is 334. The smallest absolute Gasteiger partial charge is 0.0916 e. The fourth-order valence-corrected chi connectivity index (χ4v) is 2.38. The average Bonchev–Trinajstić information content (AvgIpc) is 2.58. The van der Waals surface area contributed by atoms with Crippen molar-refractivity contribution in [3.05, 3.63) is 34.3 Å². The van der Waals surface area contributed by atoms with Crippen molar-refractivity contribution in [3.8, 4) is 0 Å². The van der Waals surface area contributed by atoms with Crippen molar-refractivity contribution >= 4 is 15.9 Å². The van der Waals surface area contributed by atoms with Crippen molar-refractivity contribution in [2.24, 2.45) is 0 Å². The number of aliphatic hydroxyl groups excluding tert-OH is 1. The summed E-state index contributed by atoms with van der Waals surface area (Å²) < 4.78 is 1.05. The zero-order valence-electron chi connectivity index (χ0n) is 9.90. The van der Waals surface area contributed by atoms with Gasteiger partial charge < -0.3 is 10.4 Å². The van der Waals surface area contributed by atoms with Gasteiger partial charge in [0.05, 0.1) is 6.10 Å². The van der Waals surface area contributed by atoms with Crippen LogP contribution in [0.1, 0.15) is 18.1 Å². The van der Waals surface area contributed by atoms with Crippen LogP contribution in [-0.2, 0) is 0 Å². The Kier molecular flexibility index (Phi) is 4.98. The zero-order valence-corrected chi connectivity index (χ0v) is 11.5. The van der Waals surface area contributed by atoms with E-state index < -0.39 is 0 Å². The first-order valence-electron chi connectivity index (χ1n) is 6.12. The molecule has 3 nitrogen and oxygen atoms in total. The predicted octanol–water partition coefficient (Wildman–Crippen LogP) is 1.78. The SMILES string of the molecule is OC(CN1CCCNCC1)c1ccc(Br)cc1. The number of β-amino-alcohol motifs (C(OH)–C–C–N with tert-alkyl or cyclic N) is 1. The molecule has 0 radical (unpaired) electrons. The number of halogens is 1. The van der Waals surface area contributed by atoms with Gasteiger partial charge in [-0.3, -0.25) is 4.90 Å². The van der Waals surface area contributed by atoms with Crippen molar-refractivity contribution in [2.75, 3.05) is 32.7 Å². The summed E-state index contributed by atoms with van der Waals surface area (Å²) in [6, 6.07) is 7.90. The van der Waals surface area contributed by atoms with Crippen LogP contribution in [0.25, 0.3) is 0 Å². The molecule has 0 saturated carbocycles. The van der Waals surface area contributed by atoms with Gasteiger partial charge in [-0.1, -0.05) is 28.1 Å². The molecule has 0 aromatic heterocycles. The van der Waals surface area contributed by atoms with Gasteiger partial charge in [-0.15, -0.1) is 0 Å². The number of aliphatic hydroxyl groups is 1. The monoisotopic (exact) mass is 298 g/mol. The zero-order chi connectivity index (χ0) is 12.1. The van der Waals surface area contributed by atoms with Crippen molar-refractivity contribution < 1.29 is 5.11 Å². The molecule has 0 bridgehead atoms. The highest BCUT2D eigenvalue weighted by atomic mass is 79.9. The fourth-order valence-electron chi connectivity index (χ4n) is 2.12. The van der Waals surface area contributed by atoms with Crippen LogP contribution in [0.15, 0.2) is 28.7 Å². The Morgan fingerprint density at radius 3 is 2.76 bits per heavy atom. The highest BCUT2D eigenvalue weighted by Crippen LogP contribution is 2.18. The summed E-state index contributed by atoms with van der Waals surface area (Å²) >= 11 is 3.40. The van der Waals surface area contributed by atoms with Gasteiger partial charge in [0.2, 0.25) is 0 Å². The van der Waals surface area contributed by atoms with Crippen LogP contribution in [0.2, 0.25) is 0 Å². The molecule has 1 heterocycles. The minimum absolute atomic E-state index is 0.388. The maximum Gasteiger partial charge on any atom is 0.0916 e. The van der Waals surface area contributed by atoms with E-state index in [0.29, 0.717) is 0 Å². The third kappa shape index (κ3) is 4.07. The Hall–Kier alpha value is -0.420. The maximum absolute atomic E-state index is 10.2. The Morgan fingerprint density at radius 1 is 1.24 bits per heavy atom. The maximum atomic E-state index is 10.2. The van der Waals surface area contributed by atoms with E-state index in [4.69, 9.17) is 0 Å². The van der Waals surface area contributed by atoms with Gasteiger partial charge in [-0.25, -0.2) is 0 Å². The number of rotatable bonds is 3. The quantitative estimate of drug-likeness (QED) is 0.893. The number of benzene rings is 1. The van der Waals surface area contributed by atoms with E-state index in [9.17, 15) is 5.11 Å². The standard InChI is InChI=1S/C13H19BrN2O/c14-12-4-2-11(3-5-12)13(17)10-16-8-1-6-15-7-9-16/h2-5,13,15,17H,1,6-10H2. The largest absolute Gasteiger partial charge is 0.387 e. The Balaban J connectivity index is 1.91. The lowest BCUT2D eigenvalue weighted by molar-refractivity contribution is 0.117. The second-order valence-electron chi connectivity index (χ2n) is 4.47. The van der Waals surface area contributed by atoms with Gasteiger partial charge in [0.15, 0.2) is 0 Å². The van der Waals surface area contributed by atoms with E-state index >= 15 is 0 Å². The normalized spacial score (nSPS) is 19.9. The summed E-state index contributed by atoms with van der Waals surface area (Å²) in [5.74, 6) is 0. The van der Waals surface area contributed by atoms with E-state index in [-0.39, 0.29) is 6.10 Å². The predicted molar refractivity (Wildman–Crippen MR) is 73.0 cm³/mol. The lowest BCUT2D eigenvalue weighted by Crippen LogP contribution is -2.32. The van der Waals surface area contributed by atoms with Gasteiger partial charge in [0, 0.05) is 24.1 Å². The van der Waals surface area contributed by atoms with Crippen LogP contribution in [0.3, 0.4) is 0 Å². The lowest BCUT2D eigenvalue weighted by atomic mass is 10.1. The first-order chi connectivity index (χ1) is 8.25. The van der Waals surface area contributed by atoms with Crippen molar-refractivity contribution in [2.45, 2.75) is 12.5 Å². The molecule has 2 N–H and O–H groups in total. The molecule has 1 atom stereocenters. The first-order valence-corrected chi connectivity index (χ1v) is 6.91. The van der Waals surface area contributed by atoms with Crippen LogP contribution >= 0.6 is 15.9 Å². The second kappa shape index (κ2) is 6.50. The topological polar surface area (TPSA) is 35.5 Å². The molecule has 0 spiro atoms. The molecule has 1 aliphatic heterocycles. The molecule has 0 aliphatic carbocycles. The molecule has 17 heavy (non-hydrogen) atoms. The number of hydrogen-bond acceptors (Lipinski definition) is 3. The minimum Gasteiger partial charge on any atom is -0.387 e. The average molecular weight is 299 g/mol. The molecular weight excluding hydrogens is 280 g/mol. The van der Waals surface area contributed by atoms with E-state index in [2.05, 4.69) is 26.1 Å². The van der Waals surface area contributed by atoms with Crippen LogP contribution in [-0.4, -0.2) is 42.7 Å². The molecule has 2 rings (SSSR count). The molecule has 1 unspecified atom stereocenters. The van der Waals surface area contributed by atoms with Gasteiger partial charge in [0.25, 0.3) is 0 Å². The van der Waals surface area contributed by atoms with Crippen molar-refractivity contribution in [1.29, 1.82) is 0 Å². The van der Waals surface area contributed by atoms with Crippen LogP contribution < -0.4 is 5.32 Å². The van der Waals surface area contributed by atoms with E-state index in [0.717, 1.165) is 49.2 Å². The molecule has 0 amide bonds. The van der Waals surface area contributed by atoms with E-state index in [1.165, 1.54) is 0 Å². The molecule has 4 heteroatoms. The van der Waals surface area contributed by atoms with E-state index in [1.807, 2.05) is 24.3 Å². The molecule has 1 aromatic rings. The molecule has 94 valence electrons. The minimum atomic E-state index is -0.388. The van der Waals surface area contributed by atoms with Gasteiger partial charge in [0.1, 0.15) is 0 Å². The molecule has 1 saturated heterocycles. The van der Waals surface area contributed by atoms with Crippen LogP contribution in [0.4, 0.5) is 0 Å². The summed E-state index contributed by atoms with van der Waals surface area (Å²) in [4.78, 5) is 2.33. The van der Waals surface area contributed by atoms with Crippen LogP contribution in [0, 0.1) is 0 Å². The number of nitrogens with one attached hydrogen (secondary N) is 1. The molecule has 1 aliphatic rings. The number of nitrogens with zero attached hydrogens (tertiary/aromatic N) is 1. The summed E-state index contributed by atoms with van der Waals surface area (Å²) in [6.45, 7) is 4.93. The van der Waals surface area contributed by atoms with Crippen molar-refractivity contribution in [1.82, 2.24) is 10.2 Å². The molecular formula is C13H19BrN2O. The van der Waals surface area contributed by atoms with Gasteiger partial charge in [-0.05, 0) is 37.2 Å². The highest BCUT2D eigenvalue weighted by Gasteiger charge is 2.14. The highest BCUT2D eigenvalue weighted by molar-refractivity contribution is 9.10. The summed E-state index contributed by atoms with van der Waals surface area (Å²) in [7, 11) is 0. The third-order valence-corrected chi connectivity index (χ3v) is 3.65. The lowest BCUT2D eigenvalue weighted by Gasteiger charge is -2.23. The fraction of sp³-hybridized carbons (Fsp3) is 0.538. The Morgan fingerprint density at radius 2 is 2.00 bits per heavy atom. The second-order valence-corrected chi connectivity index (χ2v) is 5.39. The molecule has 1 fully saturated rings.